The molecule has 3 aromatic carbocycles. The second-order valence-electron chi connectivity index (χ2n) is 13.2. The van der Waals surface area contributed by atoms with Gasteiger partial charge in [-0.1, -0.05) is 80.9 Å². The molecule has 1 saturated heterocycles. The fourth-order valence-corrected chi connectivity index (χ4v) is 6.02. The summed E-state index contributed by atoms with van der Waals surface area (Å²) in [5.41, 5.74) is 5.02. The van der Waals surface area contributed by atoms with Crippen LogP contribution in [0.5, 0.6) is 0 Å². The lowest BCUT2D eigenvalue weighted by Gasteiger charge is -2.36. The number of nitrogens with one attached hydrogen (secondary N) is 2. The molecule has 2 amide bonds. The molecule has 0 bridgehead atoms. The van der Waals surface area contributed by atoms with E-state index in [9.17, 15) is 9.59 Å². The number of hydrogen-bond donors (Lipinski definition) is 2. The smallest absolute Gasteiger partial charge is 0.411 e. The van der Waals surface area contributed by atoms with Gasteiger partial charge >= 0.3 is 6.09 Å². The lowest BCUT2D eigenvalue weighted by molar-refractivity contribution is -0.116. The van der Waals surface area contributed by atoms with Gasteiger partial charge in [-0.05, 0) is 79.3 Å². The monoisotopic (exact) mass is 635 g/mol. The Morgan fingerprint density at radius 3 is 2.27 bits per heavy atom. The molecular formula is C35H46ClN3O4Si. The molecule has 0 aliphatic carbocycles. The zero-order valence-corrected chi connectivity index (χ0v) is 28.6. The third-order valence-corrected chi connectivity index (χ3v) is 13.5. The van der Waals surface area contributed by atoms with Gasteiger partial charge in [0.1, 0.15) is 6.10 Å². The highest BCUT2D eigenvalue weighted by Crippen LogP contribution is 2.37. The molecule has 44 heavy (non-hydrogen) atoms. The Morgan fingerprint density at radius 1 is 0.932 bits per heavy atom. The van der Waals surface area contributed by atoms with E-state index in [-0.39, 0.29) is 23.5 Å². The van der Waals surface area contributed by atoms with Crippen LogP contribution in [0.4, 0.5) is 16.2 Å². The number of hydrogen-bond acceptors (Lipinski definition) is 5. The second-order valence-corrected chi connectivity index (χ2v) is 18.4. The Kier molecular flexibility index (Phi) is 11.3. The van der Waals surface area contributed by atoms with E-state index >= 15 is 0 Å². The molecule has 0 saturated carbocycles. The van der Waals surface area contributed by atoms with Gasteiger partial charge in [-0.2, -0.15) is 0 Å². The lowest BCUT2D eigenvalue weighted by atomic mass is 9.99. The number of anilines is 2. The first-order valence-corrected chi connectivity index (χ1v) is 18.7. The Hall–Kier alpha value is -3.17. The zero-order valence-electron chi connectivity index (χ0n) is 26.8. The third kappa shape index (κ3) is 9.41. The Bertz CT molecular complexity index is 1430. The van der Waals surface area contributed by atoms with Gasteiger partial charge in [0.15, 0.2) is 8.32 Å². The van der Waals surface area contributed by atoms with Crippen LogP contribution in [-0.2, 0) is 27.0 Å². The fourth-order valence-electron chi connectivity index (χ4n) is 4.81. The molecule has 0 aromatic heterocycles. The summed E-state index contributed by atoms with van der Waals surface area (Å²) >= 11 is 6.54. The molecule has 1 aliphatic rings. The van der Waals surface area contributed by atoms with Crippen LogP contribution in [0.3, 0.4) is 0 Å². The van der Waals surface area contributed by atoms with Gasteiger partial charge in [0, 0.05) is 25.1 Å². The maximum Gasteiger partial charge on any atom is 0.411 e. The maximum atomic E-state index is 12.9. The summed E-state index contributed by atoms with van der Waals surface area (Å²) in [5.74, 6) is -0.138. The lowest BCUT2D eigenvalue weighted by Crippen LogP contribution is -2.40. The average Bonchev–Trinajstić information content (AvgIpc) is 2.97. The molecule has 1 fully saturated rings. The summed E-state index contributed by atoms with van der Waals surface area (Å²) in [5, 5.41) is 6.52. The summed E-state index contributed by atoms with van der Waals surface area (Å²) in [6.07, 6.45) is 1.85. The topological polar surface area (TPSA) is 79.9 Å². The van der Waals surface area contributed by atoms with Gasteiger partial charge in [0.05, 0.1) is 23.0 Å². The number of halogens is 1. The number of amides is 2. The predicted molar refractivity (Wildman–Crippen MR) is 183 cm³/mol. The molecule has 1 aliphatic heterocycles. The Labute approximate surface area is 268 Å². The Morgan fingerprint density at radius 2 is 1.61 bits per heavy atom. The van der Waals surface area contributed by atoms with E-state index in [2.05, 4.69) is 56.4 Å². The van der Waals surface area contributed by atoms with Crippen LogP contribution in [0, 0.1) is 0 Å². The van der Waals surface area contributed by atoms with Crippen LogP contribution in [0.25, 0.3) is 11.1 Å². The molecule has 3 aromatic rings. The molecule has 0 radical (unpaired) electrons. The SMILES string of the molecule is CN1CCC(OC(=O)Nc2cc(CCC(=O)Nc3ccc(CO[Si](C)(C)C(C)(C)C)cc3Cl)ccc2-c2ccccc2)CC1. The molecule has 2 N–H and O–H groups in total. The first-order valence-electron chi connectivity index (χ1n) is 15.4. The molecule has 0 unspecified atom stereocenters. The van der Waals surface area contributed by atoms with Gasteiger partial charge in [-0.3, -0.25) is 10.1 Å². The van der Waals surface area contributed by atoms with Crippen molar-refractivity contribution >= 4 is 43.3 Å². The molecule has 0 spiro atoms. The van der Waals surface area contributed by atoms with E-state index < -0.39 is 14.4 Å². The molecule has 0 atom stereocenters. The van der Waals surface area contributed by atoms with E-state index in [1.165, 1.54) is 0 Å². The molecular weight excluding hydrogens is 590 g/mol. The summed E-state index contributed by atoms with van der Waals surface area (Å²) in [7, 11) is 0.193. The summed E-state index contributed by atoms with van der Waals surface area (Å²) < 4.78 is 12.1. The molecule has 4 rings (SSSR count). The maximum absolute atomic E-state index is 12.9. The molecule has 236 valence electrons. The van der Waals surface area contributed by atoms with Crippen molar-refractivity contribution < 1.29 is 18.8 Å². The van der Waals surface area contributed by atoms with Gasteiger partial charge < -0.3 is 19.4 Å². The van der Waals surface area contributed by atoms with Crippen LogP contribution < -0.4 is 10.6 Å². The van der Waals surface area contributed by atoms with Crippen LogP contribution in [-0.4, -0.2) is 51.5 Å². The van der Waals surface area contributed by atoms with Crippen molar-refractivity contribution in [3.63, 3.8) is 0 Å². The number of ether oxygens (including phenoxy) is 1. The highest BCUT2D eigenvalue weighted by molar-refractivity contribution is 6.74. The van der Waals surface area contributed by atoms with E-state index in [0.717, 1.165) is 48.2 Å². The van der Waals surface area contributed by atoms with Crippen molar-refractivity contribution in [3.8, 4) is 11.1 Å². The minimum atomic E-state index is -1.88. The Balaban J connectivity index is 1.38. The standard InChI is InChI=1S/C35H46ClN3O4Si/c1-35(2,3)44(5,6)42-24-26-13-16-31(30(36)22-26)37-33(40)17-14-25-12-15-29(27-10-8-7-9-11-27)32(23-25)38-34(41)43-28-18-20-39(4)21-19-28/h7-13,15-16,22-23,28H,14,17-21,24H2,1-6H3,(H,37,40)(H,38,41). The summed E-state index contributed by atoms with van der Waals surface area (Å²) in [4.78, 5) is 28.0. The fraction of sp³-hybridized carbons (Fsp3) is 0.429. The van der Waals surface area contributed by atoms with Crippen LogP contribution in [0.15, 0.2) is 66.7 Å². The number of benzene rings is 3. The van der Waals surface area contributed by atoms with Crippen molar-refractivity contribution in [2.75, 3.05) is 30.8 Å². The van der Waals surface area contributed by atoms with E-state index in [1.54, 1.807) is 0 Å². The third-order valence-electron chi connectivity index (χ3n) is 8.70. The minimum absolute atomic E-state index is 0.0937. The normalized spacial score (nSPS) is 14.7. The zero-order chi connectivity index (χ0) is 31.9. The van der Waals surface area contributed by atoms with E-state index in [0.29, 0.717) is 29.4 Å². The number of carbonyl (C=O) groups is 2. The van der Waals surface area contributed by atoms with E-state index in [1.807, 2.05) is 66.7 Å². The highest BCUT2D eigenvalue weighted by atomic mass is 35.5. The number of nitrogens with zero attached hydrogens (tertiary/aromatic N) is 1. The van der Waals surface area contributed by atoms with Crippen molar-refractivity contribution in [2.45, 2.75) is 77.3 Å². The number of aryl methyl sites for hydroxylation is 1. The van der Waals surface area contributed by atoms with Crippen molar-refractivity contribution in [1.82, 2.24) is 4.90 Å². The van der Waals surface area contributed by atoms with Crippen LogP contribution >= 0.6 is 11.6 Å². The number of piperidine rings is 1. The first-order chi connectivity index (χ1) is 20.8. The van der Waals surface area contributed by atoms with Crippen molar-refractivity contribution in [1.29, 1.82) is 0 Å². The van der Waals surface area contributed by atoms with E-state index in [4.69, 9.17) is 20.8 Å². The van der Waals surface area contributed by atoms with Crippen molar-refractivity contribution in [3.05, 3.63) is 82.9 Å². The quantitative estimate of drug-likeness (QED) is 0.218. The van der Waals surface area contributed by atoms with Gasteiger partial charge in [-0.25, -0.2) is 4.79 Å². The summed E-state index contributed by atoms with van der Waals surface area (Å²) in [6.45, 7) is 13.4. The average molecular weight is 636 g/mol. The second kappa shape index (κ2) is 14.7. The van der Waals surface area contributed by atoms with Gasteiger partial charge in [0.25, 0.3) is 0 Å². The largest absolute Gasteiger partial charge is 0.446 e. The first kappa shape index (κ1) is 33.7. The predicted octanol–water partition coefficient (Wildman–Crippen LogP) is 8.74. The highest BCUT2D eigenvalue weighted by Gasteiger charge is 2.37. The molecule has 7 nitrogen and oxygen atoms in total. The van der Waals surface area contributed by atoms with Gasteiger partial charge in [0.2, 0.25) is 5.91 Å². The van der Waals surface area contributed by atoms with Crippen LogP contribution in [0.1, 0.15) is 51.2 Å². The van der Waals surface area contributed by atoms with Gasteiger partial charge in [-0.15, -0.1) is 0 Å². The van der Waals surface area contributed by atoms with Crippen LogP contribution in [0.2, 0.25) is 23.2 Å². The number of rotatable bonds is 10. The minimum Gasteiger partial charge on any atom is -0.446 e. The molecule has 1 heterocycles. The number of carbonyl (C=O) groups excluding carboxylic acids is 2. The summed E-state index contributed by atoms with van der Waals surface area (Å²) in [6, 6.07) is 21.4. The molecule has 9 heteroatoms. The number of likely N-dealkylation sites (tertiary alicyclic amines) is 1. The van der Waals surface area contributed by atoms with Crippen molar-refractivity contribution in [2.24, 2.45) is 0 Å².